The van der Waals surface area contributed by atoms with Crippen molar-refractivity contribution in [1.29, 1.82) is 0 Å². The molecule has 0 N–H and O–H groups in total. The molecule has 1 aromatic rings. The minimum atomic E-state index is 0.00534. The first-order valence-corrected chi connectivity index (χ1v) is 7.68. The van der Waals surface area contributed by atoms with Crippen molar-refractivity contribution in [2.24, 2.45) is 0 Å². The summed E-state index contributed by atoms with van der Waals surface area (Å²) in [6.45, 7) is 2.24. The molecule has 0 aliphatic carbocycles. The summed E-state index contributed by atoms with van der Waals surface area (Å²) in [5, 5.41) is 0. The van der Waals surface area contributed by atoms with Gasteiger partial charge in [-0.05, 0) is 0 Å². The van der Waals surface area contributed by atoms with Gasteiger partial charge in [0, 0.05) is 0 Å². The average Bonchev–Trinajstić information content (AvgIpc) is 2.09. The van der Waals surface area contributed by atoms with Gasteiger partial charge in [0.25, 0.3) is 0 Å². The minimum absolute atomic E-state index is 0.00534. The molecule has 66 valence electrons. The topological polar surface area (TPSA) is 12.9 Å². The van der Waals surface area contributed by atoms with Gasteiger partial charge in [0.1, 0.15) is 0 Å². The molecule has 1 aromatic heterocycles. The molecule has 1 rings (SSSR count). The van der Waals surface area contributed by atoms with Crippen LogP contribution < -0.4 is 3.74 Å². The van der Waals surface area contributed by atoms with Crippen LogP contribution in [0, 0.1) is 0 Å². The molecule has 0 saturated carbocycles. The van der Waals surface area contributed by atoms with Crippen molar-refractivity contribution in [3.8, 4) is 0 Å². The molecule has 12 heavy (non-hydrogen) atoms. The zero-order valence-corrected chi connectivity index (χ0v) is 11.0. The third-order valence-corrected chi connectivity index (χ3v) is 4.86. The maximum atomic E-state index is 4.36. The van der Waals surface area contributed by atoms with Crippen LogP contribution in [0.2, 0.25) is 4.47 Å². The quantitative estimate of drug-likeness (QED) is 0.605. The molecule has 0 aliphatic rings. The summed E-state index contributed by atoms with van der Waals surface area (Å²) < 4.78 is 3.79. The predicted octanol–water partition coefficient (Wildman–Crippen LogP) is 2.39. The van der Waals surface area contributed by atoms with Crippen molar-refractivity contribution >= 4 is 40.6 Å². The van der Waals surface area contributed by atoms with Crippen molar-refractivity contribution < 1.29 is 0 Å². The first kappa shape index (κ1) is 10.5. The summed E-state index contributed by atoms with van der Waals surface area (Å²) >= 11 is 3.38. The van der Waals surface area contributed by atoms with Crippen molar-refractivity contribution in [3.63, 3.8) is 0 Å². The first-order valence-electron chi connectivity index (χ1n) is 4.07. The Hall–Kier alpha value is 0.420. The normalized spacial score (nSPS) is 10.2. The first-order chi connectivity index (χ1) is 5.83. The van der Waals surface area contributed by atoms with E-state index in [4.69, 9.17) is 0 Å². The fraction of sp³-hybridized carbons (Fsp3) is 0.444. The Bertz CT molecular complexity index is 222. The van der Waals surface area contributed by atoms with E-state index in [1.165, 1.54) is 21.1 Å². The molecule has 0 aliphatic heterocycles. The third-order valence-electron chi connectivity index (χ3n) is 1.45. The van der Waals surface area contributed by atoms with Crippen molar-refractivity contribution in [2.75, 3.05) is 0 Å². The van der Waals surface area contributed by atoms with Crippen molar-refractivity contribution in [2.45, 2.75) is 24.2 Å². The summed E-state index contributed by atoms with van der Waals surface area (Å²) in [5.41, 5.74) is 0. The monoisotopic (exact) mass is 343 g/mol. The van der Waals surface area contributed by atoms with E-state index in [1.54, 1.807) is 0 Å². The van der Waals surface area contributed by atoms with E-state index in [9.17, 15) is 0 Å². The molecule has 0 bridgehead atoms. The zero-order chi connectivity index (χ0) is 8.81. The Labute approximate surface area is 92.2 Å². The maximum absolute atomic E-state index is 4.36. The summed E-state index contributed by atoms with van der Waals surface area (Å²) in [7, 11) is 0. The number of hydrogen-bond donors (Lipinski definition) is 0. The van der Waals surface area contributed by atoms with Crippen molar-refractivity contribution in [3.05, 3.63) is 22.8 Å². The van der Waals surface area contributed by atoms with E-state index in [0.717, 1.165) is 4.47 Å². The molecule has 1 nitrogen and oxygen atoms in total. The Balaban J connectivity index is 2.37. The number of pyridine rings is 1. The van der Waals surface area contributed by atoms with Crippen LogP contribution in [-0.2, 0) is 0 Å². The Kier molecular flexibility index (Phi) is 5.22. The molecule has 0 aromatic carbocycles. The van der Waals surface area contributed by atoms with Gasteiger partial charge in [-0.2, -0.15) is 0 Å². The standard InChI is InChI=1S/C9H12BrNTe/c1-2-3-6-12-9-5-4-8(10)7-11-9/h4-5,7H,2-3,6H2,1H3. The van der Waals surface area contributed by atoms with Gasteiger partial charge in [0.2, 0.25) is 0 Å². The molecule has 0 unspecified atom stereocenters. The molecule has 0 saturated heterocycles. The molecule has 3 heteroatoms. The molecule has 0 fully saturated rings. The van der Waals surface area contributed by atoms with Crippen LogP contribution in [0.25, 0.3) is 0 Å². The van der Waals surface area contributed by atoms with Gasteiger partial charge in [-0.25, -0.2) is 0 Å². The van der Waals surface area contributed by atoms with Gasteiger partial charge >= 0.3 is 92.6 Å². The van der Waals surface area contributed by atoms with Crippen LogP contribution >= 0.6 is 15.9 Å². The van der Waals surface area contributed by atoms with E-state index in [-0.39, 0.29) is 20.9 Å². The van der Waals surface area contributed by atoms with E-state index in [0.29, 0.717) is 0 Å². The van der Waals surface area contributed by atoms with Gasteiger partial charge in [-0.3, -0.25) is 0 Å². The van der Waals surface area contributed by atoms with Crippen LogP contribution in [0.4, 0.5) is 0 Å². The zero-order valence-electron chi connectivity index (χ0n) is 7.09. The molecular weight excluding hydrogens is 330 g/mol. The van der Waals surface area contributed by atoms with E-state index < -0.39 is 0 Å². The van der Waals surface area contributed by atoms with Gasteiger partial charge in [-0.1, -0.05) is 0 Å². The van der Waals surface area contributed by atoms with Crippen LogP contribution in [0.3, 0.4) is 0 Å². The summed E-state index contributed by atoms with van der Waals surface area (Å²) in [5.74, 6) is 0. The molecule has 1 heterocycles. The van der Waals surface area contributed by atoms with Crippen LogP contribution in [0.5, 0.6) is 0 Å². The fourth-order valence-corrected chi connectivity index (χ4v) is 3.67. The summed E-state index contributed by atoms with van der Waals surface area (Å²) in [6.07, 6.45) is 4.56. The second-order valence-electron chi connectivity index (χ2n) is 2.52. The number of unbranched alkanes of at least 4 members (excludes halogenated alkanes) is 1. The predicted molar refractivity (Wildman–Crippen MR) is 57.0 cm³/mol. The van der Waals surface area contributed by atoms with E-state index >= 15 is 0 Å². The molecule has 0 radical (unpaired) electrons. The second kappa shape index (κ2) is 5.96. The van der Waals surface area contributed by atoms with Crippen LogP contribution in [-0.4, -0.2) is 25.9 Å². The number of hydrogen-bond acceptors (Lipinski definition) is 1. The summed E-state index contributed by atoms with van der Waals surface area (Å²) in [6, 6.07) is 4.22. The molecule has 0 amide bonds. The number of nitrogens with zero attached hydrogens (tertiary/aromatic N) is 1. The van der Waals surface area contributed by atoms with Crippen LogP contribution in [0.1, 0.15) is 19.8 Å². The van der Waals surface area contributed by atoms with Gasteiger partial charge in [0.15, 0.2) is 0 Å². The SMILES string of the molecule is CCCC[Te]c1ccc(Br)cn1. The number of halogens is 1. The van der Waals surface area contributed by atoms with Gasteiger partial charge < -0.3 is 0 Å². The van der Waals surface area contributed by atoms with Crippen LogP contribution in [0.15, 0.2) is 22.8 Å². The Morgan fingerprint density at radius 1 is 1.50 bits per heavy atom. The van der Waals surface area contributed by atoms with Crippen molar-refractivity contribution in [1.82, 2.24) is 4.98 Å². The molecule has 0 atom stereocenters. The fourth-order valence-electron chi connectivity index (χ4n) is 0.769. The van der Waals surface area contributed by atoms with E-state index in [2.05, 4.69) is 40.0 Å². The second-order valence-corrected chi connectivity index (χ2v) is 6.62. The Morgan fingerprint density at radius 2 is 2.33 bits per heavy atom. The number of aromatic nitrogens is 1. The summed E-state index contributed by atoms with van der Waals surface area (Å²) in [4.78, 5) is 4.36. The number of rotatable bonds is 4. The van der Waals surface area contributed by atoms with E-state index in [1.807, 2.05) is 6.20 Å². The van der Waals surface area contributed by atoms with Gasteiger partial charge in [-0.15, -0.1) is 0 Å². The third kappa shape index (κ3) is 3.89. The Morgan fingerprint density at radius 3 is 2.92 bits per heavy atom. The average molecular weight is 342 g/mol. The molecular formula is C9H12BrNTe. The molecule has 0 spiro atoms. The van der Waals surface area contributed by atoms with Gasteiger partial charge in [0.05, 0.1) is 0 Å².